The highest BCUT2D eigenvalue weighted by molar-refractivity contribution is 14.0. The van der Waals surface area contributed by atoms with E-state index in [-0.39, 0.29) is 36.4 Å². The second-order valence-electron chi connectivity index (χ2n) is 4.61. The van der Waals surface area contributed by atoms with Crippen molar-refractivity contribution in [3.8, 4) is 0 Å². The molecule has 2 rings (SSSR count). The summed E-state index contributed by atoms with van der Waals surface area (Å²) >= 11 is 0. The lowest BCUT2D eigenvalue weighted by Gasteiger charge is -2.10. The van der Waals surface area contributed by atoms with Crippen molar-refractivity contribution in [2.75, 3.05) is 20.1 Å². The van der Waals surface area contributed by atoms with E-state index in [0.717, 1.165) is 12.3 Å². The van der Waals surface area contributed by atoms with E-state index >= 15 is 0 Å². The third-order valence-electron chi connectivity index (χ3n) is 2.93. The molecule has 112 valence electrons. The molecule has 0 atom stereocenters. The van der Waals surface area contributed by atoms with Crippen molar-refractivity contribution in [2.45, 2.75) is 19.4 Å². The zero-order valence-corrected chi connectivity index (χ0v) is 13.8. The Hall–Kier alpha value is -1.25. The molecule has 3 N–H and O–H groups in total. The Kier molecular flexibility index (Phi) is 7.42. The van der Waals surface area contributed by atoms with Gasteiger partial charge in [-0.2, -0.15) is 0 Å². The maximum Gasteiger partial charge on any atom is 0.239 e. The third kappa shape index (κ3) is 6.27. The van der Waals surface area contributed by atoms with Crippen LogP contribution < -0.4 is 16.0 Å². The molecule has 1 aliphatic rings. The predicted molar refractivity (Wildman–Crippen MR) is 88.1 cm³/mol. The first-order chi connectivity index (χ1) is 9.28. The number of hydrogen-bond donors (Lipinski definition) is 3. The minimum Gasteiger partial charge on any atom is -0.467 e. The second-order valence-corrected chi connectivity index (χ2v) is 4.61. The molecule has 1 aromatic heterocycles. The fourth-order valence-corrected chi connectivity index (χ4v) is 1.61. The Labute approximate surface area is 135 Å². The number of nitrogens with one attached hydrogen (secondary N) is 3. The molecule has 0 radical (unpaired) electrons. The molecule has 0 aromatic carbocycles. The van der Waals surface area contributed by atoms with Crippen LogP contribution in [-0.4, -0.2) is 32.0 Å². The summed E-state index contributed by atoms with van der Waals surface area (Å²) in [6.07, 6.45) is 4.10. The van der Waals surface area contributed by atoms with E-state index in [4.69, 9.17) is 4.42 Å². The molecule has 1 aliphatic carbocycles. The van der Waals surface area contributed by atoms with Crippen molar-refractivity contribution < 1.29 is 9.21 Å². The monoisotopic (exact) mass is 392 g/mol. The van der Waals surface area contributed by atoms with Crippen LogP contribution in [0.4, 0.5) is 0 Å². The summed E-state index contributed by atoms with van der Waals surface area (Å²) in [5.41, 5.74) is 0. The Morgan fingerprint density at radius 1 is 1.40 bits per heavy atom. The highest BCUT2D eigenvalue weighted by Gasteiger charge is 2.21. The van der Waals surface area contributed by atoms with Crippen LogP contribution in [0.5, 0.6) is 0 Å². The van der Waals surface area contributed by atoms with E-state index in [1.807, 2.05) is 12.1 Å². The maximum atomic E-state index is 11.6. The molecule has 1 heterocycles. The summed E-state index contributed by atoms with van der Waals surface area (Å²) in [5.74, 6) is 2.09. The van der Waals surface area contributed by atoms with Crippen LogP contribution in [-0.2, 0) is 11.3 Å². The van der Waals surface area contributed by atoms with Gasteiger partial charge in [0.15, 0.2) is 5.96 Å². The molecule has 1 fully saturated rings. The largest absolute Gasteiger partial charge is 0.467 e. The van der Waals surface area contributed by atoms with Gasteiger partial charge in [0, 0.05) is 13.6 Å². The average Bonchev–Trinajstić information content (AvgIpc) is 3.11. The minimum atomic E-state index is -0.00662. The van der Waals surface area contributed by atoms with E-state index in [1.54, 1.807) is 13.3 Å². The smallest absolute Gasteiger partial charge is 0.239 e. The number of amides is 1. The molecule has 1 amide bonds. The van der Waals surface area contributed by atoms with Gasteiger partial charge in [0.05, 0.1) is 19.4 Å². The Morgan fingerprint density at radius 3 is 2.80 bits per heavy atom. The van der Waals surface area contributed by atoms with Gasteiger partial charge in [0.1, 0.15) is 5.76 Å². The van der Waals surface area contributed by atoms with Gasteiger partial charge in [-0.05, 0) is 30.9 Å². The van der Waals surface area contributed by atoms with Crippen molar-refractivity contribution in [3.63, 3.8) is 0 Å². The normalized spacial score (nSPS) is 14.3. The molecule has 7 heteroatoms. The molecule has 0 spiro atoms. The maximum absolute atomic E-state index is 11.6. The van der Waals surface area contributed by atoms with E-state index in [1.165, 1.54) is 12.8 Å². The number of hydrogen-bond acceptors (Lipinski definition) is 3. The number of carbonyl (C=O) groups is 1. The van der Waals surface area contributed by atoms with Crippen LogP contribution in [0, 0.1) is 5.92 Å². The molecular formula is C13H21IN4O2. The fraction of sp³-hybridized carbons (Fsp3) is 0.538. The van der Waals surface area contributed by atoms with Gasteiger partial charge in [0.25, 0.3) is 0 Å². The second kappa shape index (κ2) is 8.83. The average molecular weight is 392 g/mol. The molecule has 0 aliphatic heterocycles. The zero-order valence-electron chi connectivity index (χ0n) is 11.5. The highest BCUT2D eigenvalue weighted by atomic mass is 127. The van der Waals surface area contributed by atoms with Crippen LogP contribution in [0.25, 0.3) is 0 Å². The van der Waals surface area contributed by atoms with E-state index < -0.39 is 0 Å². The van der Waals surface area contributed by atoms with Crippen LogP contribution in [0.15, 0.2) is 27.8 Å². The first-order valence-corrected chi connectivity index (χ1v) is 6.51. The van der Waals surface area contributed by atoms with Gasteiger partial charge in [0.2, 0.25) is 5.91 Å². The first-order valence-electron chi connectivity index (χ1n) is 6.51. The van der Waals surface area contributed by atoms with Crippen molar-refractivity contribution >= 4 is 35.8 Å². The molecule has 0 saturated heterocycles. The van der Waals surface area contributed by atoms with Gasteiger partial charge in [-0.1, -0.05) is 0 Å². The summed E-state index contributed by atoms with van der Waals surface area (Å²) in [7, 11) is 1.67. The number of furan rings is 1. The lowest BCUT2D eigenvalue weighted by molar-refractivity contribution is -0.120. The Balaban J connectivity index is 0.00000200. The number of halogens is 1. The van der Waals surface area contributed by atoms with Gasteiger partial charge >= 0.3 is 0 Å². The number of rotatable bonds is 6. The van der Waals surface area contributed by atoms with Crippen LogP contribution in [0.1, 0.15) is 18.6 Å². The molecule has 1 aromatic rings. The molecule has 1 saturated carbocycles. The van der Waals surface area contributed by atoms with Gasteiger partial charge < -0.3 is 20.4 Å². The van der Waals surface area contributed by atoms with Crippen molar-refractivity contribution in [1.29, 1.82) is 0 Å². The van der Waals surface area contributed by atoms with Gasteiger partial charge in [-0.3, -0.25) is 9.79 Å². The van der Waals surface area contributed by atoms with Gasteiger partial charge in [-0.15, -0.1) is 24.0 Å². The Morgan fingerprint density at radius 2 is 2.20 bits per heavy atom. The predicted octanol–water partition coefficient (Wildman–Crippen LogP) is 1.09. The topological polar surface area (TPSA) is 78.7 Å². The van der Waals surface area contributed by atoms with Gasteiger partial charge in [-0.25, -0.2) is 0 Å². The number of guanidine groups is 1. The summed E-state index contributed by atoms with van der Waals surface area (Å²) in [6.45, 7) is 1.56. The Bertz CT molecular complexity index is 430. The summed E-state index contributed by atoms with van der Waals surface area (Å²) in [5, 5.41) is 8.92. The number of aliphatic imine (C=N–C) groups is 1. The van der Waals surface area contributed by atoms with Crippen LogP contribution in [0.2, 0.25) is 0 Å². The van der Waals surface area contributed by atoms with Crippen LogP contribution in [0.3, 0.4) is 0 Å². The molecule has 0 bridgehead atoms. The quantitative estimate of drug-likeness (QED) is 0.385. The molecular weight excluding hydrogens is 371 g/mol. The molecule has 6 nitrogen and oxygen atoms in total. The van der Waals surface area contributed by atoms with E-state index in [0.29, 0.717) is 18.4 Å². The minimum absolute atomic E-state index is 0. The van der Waals surface area contributed by atoms with Crippen LogP contribution >= 0.6 is 24.0 Å². The molecule has 0 unspecified atom stereocenters. The SMILES string of the molecule is CN=C(NCC(=O)NCC1CC1)NCc1ccco1.I. The first kappa shape index (κ1) is 16.8. The van der Waals surface area contributed by atoms with E-state index in [9.17, 15) is 4.79 Å². The number of carbonyl (C=O) groups excluding carboxylic acids is 1. The van der Waals surface area contributed by atoms with Crippen molar-refractivity contribution in [1.82, 2.24) is 16.0 Å². The third-order valence-corrected chi connectivity index (χ3v) is 2.93. The lowest BCUT2D eigenvalue weighted by Crippen LogP contribution is -2.43. The standard InChI is InChI=1S/C13H20N4O2.HI/c1-14-13(16-8-11-3-2-6-19-11)17-9-12(18)15-7-10-4-5-10;/h2-3,6,10H,4-5,7-9H2,1H3,(H,15,18)(H2,14,16,17);1H. The molecule has 20 heavy (non-hydrogen) atoms. The summed E-state index contributed by atoms with van der Waals surface area (Å²) in [6, 6.07) is 3.71. The summed E-state index contributed by atoms with van der Waals surface area (Å²) < 4.78 is 5.20. The summed E-state index contributed by atoms with van der Waals surface area (Å²) in [4.78, 5) is 15.6. The van der Waals surface area contributed by atoms with Crippen molar-refractivity contribution in [3.05, 3.63) is 24.2 Å². The van der Waals surface area contributed by atoms with Crippen molar-refractivity contribution in [2.24, 2.45) is 10.9 Å². The van der Waals surface area contributed by atoms with E-state index in [2.05, 4.69) is 20.9 Å². The zero-order chi connectivity index (χ0) is 13.5. The lowest BCUT2D eigenvalue weighted by atomic mass is 10.4. The highest BCUT2D eigenvalue weighted by Crippen LogP contribution is 2.27. The fourth-order valence-electron chi connectivity index (χ4n) is 1.61. The number of nitrogens with zero attached hydrogens (tertiary/aromatic N) is 1.